The lowest BCUT2D eigenvalue weighted by atomic mass is 9.77. The molecule has 1 nitrogen and oxygen atoms in total. The van der Waals surface area contributed by atoms with E-state index in [0.29, 0.717) is 5.92 Å². The van der Waals surface area contributed by atoms with Gasteiger partial charge in [-0.2, -0.15) is 0 Å². The molecule has 0 bridgehead atoms. The average molecular weight is 492 g/mol. The summed E-state index contributed by atoms with van der Waals surface area (Å²) in [5.74, 6) is 0.678. The number of hydrogen-bond donors (Lipinski definition) is 1. The van der Waals surface area contributed by atoms with E-state index in [2.05, 4.69) is 158 Å². The van der Waals surface area contributed by atoms with Crippen molar-refractivity contribution in [2.45, 2.75) is 31.2 Å². The first-order valence-corrected chi connectivity index (χ1v) is 13.6. The van der Waals surface area contributed by atoms with Gasteiger partial charge in [-0.1, -0.05) is 145 Å². The molecule has 1 heteroatoms. The van der Waals surface area contributed by atoms with Gasteiger partial charge in [-0.05, 0) is 52.8 Å². The first kappa shape index (κ1) is 24.0. The molecule has 0 aromatic heterocycles. The first-order chi connectivity index (χ1) is 18.8. The molecule has 2 aliphatic rings. The molecule has 0 spiro atoms. The Morgan fingerprint density at radius 2 is 1.18 bits per heavy atom. The van der Waals surface area contributed by atoms with Crippen LogP contribution in [0.1, 0.15) is 41.9 Å². The predicted molar refractivity (Wildman–Crippen MR) is 161 cm³/mol. The number of rotatable bonds is 6. The Morgan fingerprint density at radius 3 is 1.82 bits per heavy atom. The zero-order valence-corrected chi connectivity index (χ0v) is 21.8. The van der Waals surface area contributed by atoms with Crippen molar-refractivity contribution in [1.29, 1.82) is 0 Å². The summed E-state index contributed by atoms with van der Waals surface area (Å²) in [7, 11) is 0. The van der Waals surface area contributed by atoms with E-state index in [1.807, 2.05) is 0 Å². The Kier molecular flexibility index (Phi) is 6.91. The van der Waals surface area contributed by atoms with Crippen molar-refractivity contribution in [2.24, 2.45) is 0 Å². The summed E-state index contributed by atoms with van der Waals surface area (Å²) in [5, 5.41) is 3.88. The smallest absolute Gasteiger partial charge is 0.0553 e. The summed E-state index contributed by atoms with van der Waals surface area (Å²) in [6.07, 6.45) is 12.6. The van der Waals surface area contributed by atoms with E-state index in [-0.39, 0.29) is 12.0 Å². The van der Waals surface area contributed by atoms with Gasteiger partial charge in [0.15, 0.2) is 0 Å². The second kappa shape index (κ2) is 10.9. The molecule has 6 rings (SSSR count). The molecular weight excluding hydrogens is 458 g/mol. The lowest BCUT2D eigenvalue weighted by Gasteiger charge is -2.33. The maximum absolute atomic E-state index is 3.88. The van der Waals surface area contributed by atoms with Crippen molar-refractivity contribution >= 4 is 5.57 Å². The van der Waals surface area contributed by atoms with Gasteiger partial charge in [0.1, 0.15) is 0 Å². The highest BCUT2D eigenvalue weighted by Crippen LogP contribution is 2.39. The summed E-state index contributed by atoms with van der Waals surface area (Å²) in [5.41, 5.74) is 10.4. The second-order valence-electron chi connectivity index (χ2n) is 10.2. The van der Waals surface area contributed by atoms with Crippen molar-refractivity contribution in [2.75, 3.05) is 0 Å². The monoisotopic (exact) mass is 491 g/mol. The lowest BCUT2D eigenvalue weighted by molar-refractivity contribution is 0.588. The third-order valence-electron chi connectivity index (χ3n) is 7.84. The van der Waals surface area contributed by atoms with Crippen LogP contribution in [-0.4, -0.2) is 6.04 Å². The Bertz CT molecular complexity index is 1490. The van der Waals surface area contributed by atoms with E-state index in [4.69, 9.17) is 0 Å². The molecule has 3 atom stereocenters. The van der Waals surface area contributed by atoms with Crippen LogP contribution in [0.3, 0.4) is 0 Å². The Morgan fingerprint density at radius 1 is 0.579 bits per heavy atom. The molecule has 0 heterocycles. The Balaban J connectivity index is 1.29. The molecule has 1 N–H and O–H groups in total. The van der Waals surface area contributed by atoms with Gasteiger partial charge in [0, 0.05) is 17.5 Å². The van der Waals surface area contributed by atoms with E-state index in [1.165, 1.54) is 44.7 Å². The van der Waals surface area contributed by atoms with Crippen molar-refractivity contribution in [3.05, 3.63) is 174 Å². The Labute approximate surface area is 226 Å². The van der Waals surface area contributed by atoms with Crippen LogP contribution >= 0.6 is 0 Å². The van der Waals surface area contributed by atoms with Crippen LogP contribution in [0.4, 0.5) is 0 Å². The summed E-state index contributed by atoms with van der Waals surface area (Å²) in [4.78, 5) is 0. The highest BCUT2D eigenvalue weighted by Gasteiger charge is 2.28. The van der Waals surface area contributed by atoms with Crippen LogP contribution in [0.2, 0.25) is 0 Å². The fourth-order valence-electron chi connectivity index (χ4n) is 5.79. The number of allylic oxidation sites excluding steroid dienone is 5. The first-order valence-electron chi connectivity index (χ1n) is 13.6. The molecule has 0 saturated carbocycles. The normalized spacial score (nSPS) is 20.8. The third kappa shape index (κ3) is 5.06. The van der Waals surface area contributed by atoms with E-state index >= 15 is 0 Å². The summed E-state index contributed by atoms with van der Waals surface area (Å²) < 4.78 is 0. The van der Waals surface area contributed by atoms with Gasteiger partial charge in [0.2, 0.25) is 0 Å². The molecular formula is C37H33N. The van der Waals surface area contributed by atoms with Crippen molar-refractivity contribution in [1.82, 2.24) is 5.32 Å². The minimum atomic E-state index is 0.175. The SMILES string of the molecule is CC1=C(c2ccccc2)C=CC(NC2=CCC(c3ccccc3)C=C2)C1c1ccc(-c2ccccc2)cc1. The predicted octanol–water partition coefficient (Wildman–Crippen LogP) is 9.07. The van der Waals surface area contributed by atoms with Crippen molar-refractivity contribution < 1.29 is 0 Å². The van der Waals surface area contributed by atoms with Gasteiger partial charge in [-0.15, -0.1) is 0 Å². The average Bonchev–Trinajstić information content (AvgIpc) is 2.99. The molecule has 0 aliphatic heterocycles. The highest BCUT2D eigenvalue weighted by molar-refractivity contribution is 5.79. The minimum absolute atomic E-state index is 0.175. The molecule has 0 amide bonds. The van der Waals surface area contributed by atoms with E-state index in [1.54, 1.807) is 0 Å². The summed E-state index contributed by atoms with van der Waals surface area (Å²) in [6, 6.07) is 41.5. The van der Waals surface area contributed by atoms with Gasteiger partial charge in [0.25, 0.3) is 0 Å². The molecule has 0 fully saturated rings. The fourth-order valence-corrected chi connectivity index (χ4v) is 5.79. The van der Waals surface area contributed by atoms with Gasteiger partial charge in [0.05, 0.1) is 6.04 Å². The van der Waals surface area contributed by atoms with Crippen molar-refractivity contribution in [3.63, 3.8) is 0 Å². The third-order valence-corrected chi connectivity index (χ3v) is 7.84. The molecule has 0 radical (unpaired) electrons. The molecule has 186 valence electrons. The van der Waals surface area contributed by atoms with Crippen LogP contribution in [-0.2, 0) is 0 Å². The van der Waals surface area contributed by atoms with Crippen LogP contribution in [0.25, 0.3) is 16.7 Å². The number of nitrogens with one attached hydrogen (secondary N) is 1. The standard InChI is InChI=1S/C37H33N/c1-27-35(32-15-9-4-10-16-32)25-26-36(38-34-23-21-31(22-24-34)29-13-7-3-8-14-29)37(27)33-19-17-30(18-20-33)28-11-5-2-6-12-28/h2-21,23-26,31,36-38H,22H2,1H3. The molecule has 0 saturated heterocycles. The molecule has 3 unspecified atom stereocenters. The van der Waals surface area contributed by atoms with Crippen LogP contribution in [0, 0.1) is 0 Å². The van der Waals surface area contributed by atoms with Crippen molar-refractivity contribution in [3.8, 4) is 11.1 Å². The zero-order valence-electron chi connectivity index (χ0n) is 21.8. The van der Waals surface area contributed by atoms with Crippen LogP contribution in [0.15, 0.2) is 157 Å². The number of benzene rings is 4. The fraction of sp³-hybridized carbons (Fsp3) is 0.135. The molecule has 4 aromatic carbocycles. The van der Waals surface area contributed by atoms with Gasteiger partial charge in [-0.3, -0.25) is 0 Å². The maximum atomic E-state index is 3.88. The minimum Gasteiger partial charge on any atom is -0.378 e. The van der Waals surface area contributed by atoms with Gasteiger partial charge < -0.3 is 5.32 Å². The van der Waals surface area contributed by atoms with Crippen LogP contribution in [0.5, 0.6) is 0 Å². The largest absolute Gasteiger partial charge is 0.378 e. The lowest BCUT2D eigenvalue weighted by Crippen LogP contribution is -2.35. The maximum Gasteiger partial charge on any atom is 0.0553 e. The zero-order chi connectivity index (χ0) is 25.7. The van der Waals surface area contributed by atoms with E-state index in [0.717, 1.165) is 6.42 Å². The Hall–Kier alpha value is -4.36. The summed E-state index contributed by atoms with van der Waals surface area (Å²) >= 11 is 0. The van der Waals surface area contributed by atoms with E-state index < -0.39 is 0 Å². The molecule has 2 aliphatic carbocycles. The highest BCUT2D eigenvalue weighted by atomic mass is 14.9. The summed E-state index contributed by atoms with van der Waals surface area (Å²) in [6.45, 7) is 2.30. The van der Waals surface area contributed by atoms with Gasteiger partial charge in [-0.25, -0.2) is 0 Å². The topological polar surface area (TPSA) is 12.0 Å². The molecule has 38 heavy (non-hydrogen) atoms. The van der Waals surface area contributed by atoms with Crippen LogP contribution < -0.4 is 5.32 Å². The second-order valence-corrected chi connectivity index (χ2v) is 10.2. The van der Waals surface area contributed by atoms with Gasteiger partial charge >= 0.3 is 0 Å². The molecule has 4 aromatic rings. The number of hydrogen-bond acceptors (Lipinski definition) is 1. The van der Waals surface area contributed by atoms with E-state index in [9.17, 15) is 0 Å². The quantitative estimate of drug-likeness (QED) is 0.284.